The van der Waals surface area contributed by atoms with E-state index in [9.17, 15) is 14.4 Å². The van der Waals surface area contributed by atoms with E-state index in [1.54, 1.807) is 0 Å². The maximum absolute atomic E-state index is 10.2. The molecule has 2 unspecified atom stereocenters. The summed E-state index contributed by atoms with van der Waals surface area (Å²) in [6.45, 7) is 0.482. The average Bonchev–Trinajstić information content (AvgIpc) is 2.33. The van der Waals surface area contributed by atoms with Crippen LogP contribution in [0.5, 0.6) is 0 Å². The minimum Gasteiger partial charge on any atom is -0.481 e. The number of nitrogens with two attached hydrogens (primary N) is 2. The largest absolute Gasteiger partial charge is 0.481 e. The Hall–Kier alpha value is -2.40. The van der Waals surface area contributed by atoms with E-state index in [0.29, 0.717) is 19.4 Å². The number of carbonyl (C=O) groups is 3. The van der Waals surface area contributed by atoms with Gasteiger partial charge in [0, 0.05) is 6.54 Å². The Labute approximate surface area is 120 Å². The van der Waals surface area contributed by atoms with Crippen molar-refractivity contribution in [1.82, 2.24) is 5.32 Å². The molecule has 0 radical (unpaired) electrons. The molecule has 0 amide bonds. The van der Waals surface area contributed by atoms with E-state index in [0.717, 1.165) is 0 Å². The zero-order chi connectivity index (χ0) is 17.0. The number of aliphatic hydroxyl groups is 1. The minimum absolute atomic E-state index is 0.112. The molecule has 11 nitrogen and oxygen atoms in total. The van der Waals surface area contributed by atoms with Crippen LogP contribution in [-0.4, -0.2) is 63.0 Å². The van der Waals surface area contributed by atoms with Gasteiger partial charge in [0.25, 0.3) is 0 Å². The van der Waals surface area contributed by atoms with E-state index in [-0.39, 0.29) is 5.96 Å². The van der Waals surface area contributed by atoms with Gasteiger partial charge in [-0.05, 0) is 12.8 Å². The molecular formula is C10H20N4O7. The molecule has 0 heterocycles. The predicted octanol–water partition coefficient (Wildman–Crippen LogP) is -2.43. The Morgan fingerprint density at radius 2 is 1.67 bits per heavy atom. The smallest absolute Gasteiger partial charge is 0.333 e. The maximum atomic E-state index is 10.2. The van der Waals surface area contributed by atoms with Crippen LogP contribution in [0.3, 0.4) is 0 Å². The van der Waals surface area contributed by atoms with E-state index < -0.39 is 36.5 Å². The molecule has 0 aliphatic heterocycles. The van der Waals surface area contributed by atoms with Crippen LogP contribution in [0.1, 0.15) is 19.3 Å². The molecule has 0 aliphatic rings. The van der Waals surface area contributed by atoms with Gasteiger partial charge in [0.2, 0.25) is 0 Å². The fourth-order valence-electron chi connectivity index (χ4n) is 0.921. The van der Waals surface area contributed by atoms with Gasteiger partial charge in [-0.3, -0.25) is 15.0 Å². The lowest BCUT2D eigenvalue weighted by atomic mass is 10.2. The number of aliphatic hydroxyl groups excluding tert-OH is 1. The van der Waals surface area contributed by atoms with Crippen LogP contribution < -0.4 is 16.8 Å². The highest BCUT2D eigenvalue weighted by molar-refractivity contribution is 5.79. The Bertz CT molecular complexity index is 374. The van der Waals surface area contributed by atoms with Crippen LogP contribution in [0, 0.1) is 5.41 Å². The third-order valence-electron chi connectivity index (χ3n) is 1.98. The summed E-state index contributed by atoms with van der Waals surface area (Å²) in [5.74, 6) is -3.96. The van der Waals surface area contributed by atoms with E-state index >= 15 is 0 Å². The Morgan fingerprint density at radius 1 is 1.14 bits per heavy atom. The highest BCUT2D eigenvalue weighted by Crippen LogP contribution is 1.92. The van der Waals surface area contributed by atoms with Gasteiger partial charge in [0.15, 0.2) is 12.1 Å². The van der Waals surface area contributed by atoms with Gasteiger partial charge in [0.05, 0.1) is 6.42 Å². The summed E-state index contributed by atoms with van der Waals surface area (Å²) in [5.41, 5.74) is 10.2. The second kappa shape index (κ2) is 11.4. The second-order valence-electron chi connectivity index (χ2n) is 3.88. The molecule has 21 heavy (non-hydrogen) atoms. The van der Waals surface area contributed by atoms with Gasteiger partial charge in [-0.25, -0.2) is 4.79 Å². The van der Waals surface area contributed by atoms with Gasteiger partial charge in [-0.15, -0.1) is 0 Å². The minimum atomic E-state index is -1.79. The highest BCUT2D eigenvalue weighted by atomic mass is 16.4. The standard InChI is InChI=1S/C6H14N4O2.C4H6O5/c7-4(5(11)12)2-1-3-10-6(8)9;5-2(4(8)9)1-3(6)7/h4H,1-3,7H2,(H,11,12)(H4,8,9,10);2,5H,1H2,(H,6,7)(H,8,9). The first kappa shape index (κ1) is 20.9. The van der Waals surface area contributed by atoms with Crippen molar-refractivity contribution in [2.24, 2.45) is 11.5 Å². The third kappa shape index (κ3) is 15.5. The number of hydrogen-bond donors (Lipinski definition) is 8. The third-order valence-corrected chi connectivity index (χ3v) is 1.98. The molecule has 0 spiro atoms. The summed E-state index contributed by atoms with van der Waals surface area (Å²) in [7, 11) is 0. The zero-order valence-corrected chi connectivity index (χ0v) is 11.2. The fraction of sp³-hybridized carbons (Fsp3) is 0.600. The van der Waals surface area contributed by atoms with Crippen LogP contribution in [0.15, 0.2) is 0 Å². The van der Waals surface area contributed by atoms with Crippen molar-refractivity contribution < 1.29 is 34.8 Å². The molecule has 11 heteroatoms. The van der Waals surface area contributed by atoms with Crippen molar-refractivity contribution in [2.75, 3.05) is 6.54 Å². The van der Waals surface area contributed by atoms with Gasteiger partial charge in [0.1, 0.15) is 6.04 Å². The van der Waals surface area contributed by atoms with Crippen LogP contribution >= 0.6 is 0 Å². The predicted molar refractivity (Wildman–Crippen MR) is 70.7 cm³/mol. The van der Waals surface area contributed by atoms with E-state index in [1.807, 2.05) is 0 Å². The molecule has 0 bridgehead atoms. The van der Waals surface area contributed by atoms with E-state index in [4.69, 9.17) is 37.3 Å². The van der Waals surface area contributed by atoms with Crippen molar-refractivity contribution in [1.29, 1.82) is 5.41 Å². The number of nitrogens with one attached hydrogen (secondary N) is 2. The molecular weight excluding hydrogens is 288 g/mol. The molecule has 2 atom stereocenters. The number of hydrogen-bond acceptors (Lipinski definition) is 6. The molecule has 0 fully saturated rings. The number of carboxylic acid groups (broad SMARTS) is 3. The van der Waals surface area contributed by atoms with E-state index in [1.165, 1.54) is 0 Å². The summed E-state index contributed by atoms with van der Waals surface area (Å²) in [6, 6.07) is -0.821. The normalized spacial score (nSPS) is 12.3. The molecule has 0 rings (SSSR count). The SMILES string of the molecule is N=C(N)NCCCC(N)C(=O)O.O=C(O)CC(O)C(=O)O. The van der Waals surface area contributed by atoms with Crippen LogP contribution in [-0.2, 0) is 14.4 Å². The molecule has 0 aromatic carbocycles. The van der Waals surface area contributed by atoms with Crippen molar-refractivity contribution in [3.05, 3.63) is 0 Å². The van der Waals surface area contributed by atoms with Crippen LogP contribution in [0.2, 0.25) is 0 Å². The lowest BCUT2D eigenvalue weighted by Crippen LogP contribution is -2.34. The quantitative estimate of drug-likeness (QED) is 0.134. The zero-order valence-electron chi connectivity index (χ0n) is 11.2. The molecule has 0 saturated heterocycles. The first-order chi connectivity index (χ1) is 9.57. The first-order valence-electron chi connectivity index (χ1n) is 5.76. The molecule has 122 valence electrons. The van der Waals surface area contributed by atoms with Gasteiger partial charge >= 0.3 is 17.9 Å². The molecule has 0 aromatic rings. The Morgan fingerprint density at radius 3 is 1.95 bits per heavy atom. The van der Waals surface area contributed by atoms with Crippen molar-refractivity contribution >= 4 is 23.9 Å². The molecule has 0 saturated carbocycles. The second-order valence-corrected chi connectivity index (χ2v) is 3.88. The topological polar surface area (TPSA) is 220 Å². The summed E-state index contributed by atoms with van der Waals surface area (Å²) in [6.07, 6.45) is -1.57. The van der Waals surface area contributed by atoms with Crippen LogP contribution in [0.25, 0.3) is 0 Å². The van der Waals surface area contributed by atoms with Gasteiger partial charge < -0.3 is 37.2 Å². The Kier molecular flexibility index (Phi) is 11.4. The summed E-state index contributed by atoms with van der Waals surface area (Å²) >= 11 is 0. The number of carboxylic acids is 3. The van der Waals surface area contributed by atoms with E-state index in [2.05, 4.69) is 5.32 Å². The maximum Gasteiger partial charge on any atom is 0.333 e. The number of guanidine groups is 1. The molecule has 10 N–H and O–H groups in total. The summed E-state index contributed by atoms with van der Waals surface area (Å²) in [4.78, 5) is 29.6. The van der Waals surface area contributed by atoms with Crippen molar-refractivity contribution in [3.63, 3.8) is 0 Å². The lowest BCUT2D eigenvalue weighted by Gasteiger charge is -2.06. The average molecular weight is 308 g/mol. The fourth-order valence-corrected chi connectivity index (χ4v) is 0.921. The number of aliphatic carboxylic acids is 3. The van der Waals surface area contributed by atoms with Gasteiger partial charge in [-0.2, -0.15) is 0 Å². The number of rotatable bonds is 8. The lowest BCUT2D eigenvalue weighted by molar-refractivity contribution is -0.152. The Balaban J connectivity index is 0. The molecule has 0 aromatic heterocycles. The van der Waals surface area contributed by atoms with Gasteiger partial charge in [-0.1, -0.05) is 0 Å². The highest BCUT2D eigenvalue weighted by Gasteiger charge is 2.16. The molecule has 0 aliphatic carbocycles. The first-order valence-corrected chi connectivity index (χ1v) is 5.76. The summed E-state index contributed by atoms with van der Waals surface area (Å²) < 4.78 is 0. The van der Waals surface area contributed by atoms with Crippen molar-refractivity contribution in [2.45, 2.75) is 31.4 Å². The van der Waals surface area contributed by atoms with Crippen molar-refractivity contribution in [3.8, 4) is 0 Å². The van der Waals surface area contributed by atoms with Crippen LogP contribution in [0.4, 0.5) is 0 Å². The monoisotopic (exact) mass is 308 g/mol. The summed E-state index contributed by atoms with van der Waals surface area (Å²) in [5, 5.41) is 41.9.